The van der Waals surface area contributed by atoms with Crippen LogP contribution in [0.25, 0.3) is 16.9 Å². The predicted octanol–water partition coefficient (Wildman–Crippen LogP) is 7.36. The third-order valence-corrected chi connectivity index (χ3v) is 8.74. The van der Waals surface area contributed by atoms with Crippen LogP contribution >= 0.6 is 11.8 Å². The Kier molecular flexibility index (Phi) is 8.20. The Bertz CT molecular complexity index is 1270. The number of nitrogens with zero attached hydrogens (tertiary/aromatic N) is 2. The van der Waals surface area contributed by atoms with Crippen LogP contribution in [-0.2, 0) is 11.2 Å². The van der Waals surface area contributed by atoms with Gasteiger partial charge >= 0.3 is 0 Å². The van der Waals surface area contributed by atoms with Crippen molar-refractivity contribution < 1.29 is 13.6 Å². The van der Waals surface area contributed by atoms with Crippen molar-refractivity contribution in [3.05, 3.63) is 82.7 Å². The van der Waals surface area contributed by atoms with Gasteiger partial charge in [0.05, 0.1) is 17.5 Å². The van der Waals surface area contributed by atoms with Gasteiger partial charge < -0.3 is 10.3 Å². The first-order valence-corrected chi connectivity index (χ1v) is 14.1. The number of rotatable bonds is 6. The van der Waals surface area contributed by atoms with Crippen LogP contribution in [0.4, 0.5) is 8.78 Å². The van der Waals surface area contributed by atoms with Gasteiger partial charge in [0.25, 0.3) is 0 Å². The maximum atomic E-state index is 13.6. The van der Waals surface area contributed by atoms with Gasteiger partial charge in [0, 0.05) is 23.9 Å². The Hall–Kier alpha value is -2.77. The molecule has 5 rings (SSSR count). The molecule has 0 saturated carbocycles. The summed E-state index contributed by atoms with van der Waals surface area (Å²) >= 11 is 1.87. The van der Waals surface area contributed by atoms with E-state index >= 15 is 0 Å². The van der Waals surface area contributed by atoms with Crippen molar-refractivity contribution in [1.29, 1.82) is 0 Å². The molecule has 1 aliphatic heterocycles. The van der Waals surface area contributed by atoms with Crippen LogP contribution < -0.4 is 5.73 Å². The Balaban J connectivity index is 1.31. The number of ketones is 1. The van der Waals surface area contributed by atoms with Gasteiger partial charge in [-0.3, -0.25) is 4.79 Å². The van der Waals surface area contributed by atoms with Gasteiger partial charge in [0.1, 0.15) is 23.2 Å². The zero-order valence-electron chi connectivity index (χ0n) is 21.0. The largest absolute Gasteiger partial charge is 0.319 e. The minimum absolute atomic E-state index is 0.164. The summed E-state index contributed by atoms with van der Waals surface area (Å²) in [6, 6.07) is 12.3. The lowest BCUT2D eigenvalue weighted by molar-refractivity contribution is -0.119. The number of benzene rings is 2. The van der Waals surface area contributed by atoms with Gasteiger partial charge in [0.2, 0.25) is 0 Å². The fourth-order valence-electron chi connectivity index (χ4n) is 5.46. The van der Waals surface area contributed by atoms with Crippen LogP contribution in [0.2, 0.25) is 0 Å². The fourth-order valence-corrected chi connectivity index (χ4v) is 6.74. The first kappa shape index (κ1) is 25.9. The normalized spacial score (nSPS) is 20.6. The monoisotopic (exact) mass is 521 g/mol. The maximum Gasteiger partial charge on any atom is 0.140 e. The van der Waals surface area contributed by atoms with E-state index in [1.54, 1.807) is 29.8 Å². The van der Waals surface area contributed by atoms with E-state index in [9.17, 15) is 13.6 Å². The van der Waals surface area contributed by atoms with E-state index in [0.717, 1.165) is 62.6 Å². The highest BCUT2D eigenvalue weighted by molar-refractivity contribution is 8.03. The standard InChI is InChI=1S/C30H33F2N3OS/c31-23-11-9-21(10-12-23)27-19-35(25-15-13-24(32)14-16-25)30(34-27)18-26(36)17-20-3-1-5-28-22(8-7-20)4-2-6-29(33)37-28/h9-16,19-20,29H,1-8,17-18,33H2. The second kappa shape index (κ2) is 11.7. The summed E-state index contributed by atoms with van der Waals surface area (Å²) in [6.07, 6.45) is 11.2. The average Bonchev–Trinajstić information content (AvgIpc) is 3.19. The summed E-state index contributed by atoms with van der Waals surface area (Å²) in [7, 11) is 0. The van der Waals surface area contributed by atoms with Gasteiger partial charge in [-0.25, -0.2) is 13.8 Å². The minimum Gasteiger partial charge on any atom is -0.319 e. The van der Waals surface area contributed by atoms with Gasteiger partial charge in [-0.2, -0.15) is 0 Å². The smallest absolute Gasteiger partial charge is 0.140 e. The second-order valence-electron chi connectivity index (χ2n) is 10.2. The number of hydrogen-bond acceptors (Lipinski definition) is 4. The molecular formula is C30H33F2N3OS. The van der Waals surface area contributed by atoms with Gasteiger partial charge in [-0.1, -0.05) is 5.57 Å². The number of Topliss-reactive ketones (excluding diaryl/α,β-unsaturated/α-hetero) is 1. The minimum atomic E-state index is -0.322. The van der Waals surface area contributed by atoms with Crippen LogP contribution in [0.1, 0.15) is 63.6 Å². The number of aromatic nitrogens is 2. The SMILES string of the molecule is NC1CCCC2=C(CCCC(CC(=O)Cc3nc(-c4ccc(F)cc4)cn3-c3ccc(F)cc3)CC2)S1. The van der Waals surface area contributed by atoms with Crippen molar-refractivity contribution in [1.82, 2.24) is 9.55 Å². The predicted molar refractivity (Wildman–Crippen MR) is 145 cm³/mol. The van der Waals surface area contributed by atoms with Crippen LogP contribution in [0.3, 0.4) is 0 Å². The molecule has 0 radical (unpaired) electrons. The van der Waals surface area contributed by atoms with E-state index < -0.39 is 0 Å². The fraction of sp³-hybridized carbons (Fsp3) is 0.400. The molecule has 0 saturated heterocycles. The van der Waals surface area contributed by atoms with E-state index in [2.05, 4.69) is 0 Å². The van der Waals surface area contributed by atoms with E-state index in [0.29, 0.717) is 23.9 Å². The summed E-state index contributed by atoms with van der Waals surface area (Å²) in [4.78, 5) is 19.5. The maximum absolute atomic E-state index is 13.6. The topological polar surface area (TPSA) is 60.9 Å². The van der Waals surface area contributed by atoms with Crippen molar-refractivity contribution in [2.24, 2.45) is 11.7 Å². The molecule has 3 aromatic rings. The van der Waals surface area contributed by atoms with Crippen LogP contribution in [0.15, 0.2) is 65.2 Å². The number of allylic oxidation sites excluding steroid dienone is 2. The Labute approximate surface area is 221 Å². The Morgan fingerprint density at radius 3 is 2.41 bits per heavy atom. The molecule has 7 heteroatoms. The van der Waals surface area contributed by atoms with E-state index in [1.807, 2.05) is 22.5 Å². The van der Waals surface area contributed by atoms with Crippen molar-refractivity contribution >= 4 is 17.5 Å². The van der Waals surface area contributed by atoms with Crippen molar-refractivity contribution in [2.75, 3.05) is 0 Å². The Morgan fingerprint density at radius 2 is 1.65 bits per heavy atom. The molecule has 2 N–H and O–H groups in total. The second-order valence-corrected chi connectivity index (χ2v) is 11.5. The van der Waals surface area contributed by atoms with Crippen LogP contribution in [0, 0.1) is 17.6 Å². The number of nitrogens with two attached hydrogens (primary N) is 1. The van der Waals surface area contributed by atoms with E-state index in [4.69, 9.17) is 10.7 Å². The third-order valence-electron chi connectivity index (χ3n) is 7.42. The van der Waals surface area contributed by atoms with Crippen molar-refractivity contribution in [3.8, 4) is 16.9 Å². The van der Waals surface area contributed by atoms with Gasteiger partial charge in [0.15, 0.2) is 0 Å². The number of carbonyl (C=O) groups is 1. The molecule has 0 fully saturated rings. The lowest BCUT2D eigenvalue weighted by atomic mass is 9.86. The number of thioether (sulfide) groups is 1. The molecule has 4 nitrogen and oxygen atoms in total. The highest BCUT2D eigenvalue weighted by Crippen LogP contribution is 2.40. The molecule has 0 amide bonds. The molecule has 37 heavy (non-hydrogen) atoms. The Morgan fingerprint density at radius 1 is 0.946 bits per heavy atom. The molecule has 1 aliphatic carbocycles. The third kappa shape index (κ3) is 6.57. The van der Waals surface area contributed by atoms with Crippen molar-refractivity contribution in [2.45, 2.75) is 69.6 Å². The summed E-state index contributed by atoms with van der Waals surface area (Å²) in [5, 5.41) is 0.217. The molecule has 2 unspecified atom stereocenters. The molecule has 1 aromatic heterocycles. The quantitative estimate of drug-likeness (QED) is 0.368. The molecule has 2 aromatic carbocycles. The number of hydrogen-bond donors (Lipinski definition) is 1. The highest BCUT2D eigenvalue weighted by Gasteiger charge is 2.23. The summed E-state index contributed by atoms with van der Waals surface area (Å²) in [5.74, 6) is 0.508. The molecule has 2 heterocycles. The zero-order chi connectivity index (χ0) is 25.8. The molecular weight excluding hydrogens is 488 g/mol. The first-order chi connectivity index (χ1) is 17.9. The molecule has 2 atom stereocenters. The molecule has 2 aliphatic rings. The summed E-state index contributed by atoms with van der Waals surface area (Å²) in [5.41, 5.74) is 9.96. The van der Waals surface area contributed by atoms with Gasteiger partial charge in [-0.05, 0) is 111 Å². The van der Waals surface area contributed by atoms with Crippen LogP contribution in [0.5, 0.6) is 0 Å². The van der Waals surface area contributed by atoms with Crippen LogP contribution in [-0.4, -0.2) is 20.7 Å². The molecule has 0 spiro atoms. The number of carbonyl (C=O) groups excluding carboxylic acids is 1. The average molecular weight is 522 g/mol. The van der Waals surface area contributed by atoms with E-state index in [1.165, 1.54) is 29.2 Å². The number of imidazole rings is 1. The van der Waals surface area contributed by atoms with E-state index in [-0.39, 0.29) is 29.2 Å². The lowest BCUT2D eigenvalue weighted by Crippen LogP contribution is -2.16. The van der Waals surface area contributed by atoms with Crippen molar-refractivity contribution in [3.63, 3.8) is 0 Å². The summed E-state index contributed by atoms with van der Waals surface area (Å²) in [6.45, 7) is 0. The zero-order valence-corrected chi connectivity index (χ0v) is 21.8. The lowest BCUT2D eigenvalue weighted by Gasteiger charge is -2.23. The number of halogens is 2. The molecule has 0 bridgehead atoms. The first-order valence-electron chi connectivity index (χ1n) is 13.2. The molecule has 194 valence electrons. The summed E-state index contributed by atoms with van der Waals surface area (Å²) < 4.78 is 28.9. The highest BCUT2D eigenvalue weighted by atomic mass is 32.2. The van der Waals surface area contributed by atoms with Gasteiger partial charge in [-0.15, -0.1) is 11.8 Å².